The van der Waals surface area contributed by atoms with E-state index >= 15 is 0 Å². The van der Waals surface area contributed by atoms with E-state index in [1.807, 2.05) is 19.4 Å². The minimum Gasteiger partial charge on any atom is -0.352 e. The number of thioether (sulfide) groups is 1. The second kappa shape index (κ2) is 5.49. The molecule has 1 fully saturated rings. The molecule has 0 amide bonds. The summed E-state index contributed by atoms with van der Waals surface area (Å²) in [5.41, 5.74) is 3.79. The van der Waals surface area contributed by atoms with Crippen molar-refractivity contribution < 1.29 is 0 Å². The molecule has 1 aliphatic carbocycles. The van der Waals surface area contributed by atoms with Crippen molar-refractivity contribution in [1.82, 2.24) is 15.5 Å². The summed E-state index contributed by atoms with van der Waals surface area (Å²) >= 11 is 1.56. The quantitative estimate of drug-likeness (QED) is 0.766. The highest BCUT2D eigenvalue weighted by atomic mass is 32.2. The van der Waals surface area contributed by atoms with Crippen LogP contribution < -0.4 is 10.6 Å². The molecule has 2 N–H and O–H groups in total. The Morgan fingerprint density at radius 2 is 2.19 bits per heavy atom. The number of rotatable bonds is 2. The van der Waals surface area contributed by atoms with Gasteiger partial charge in [-0.3, -0.25) is 0 Å². The fraction of sp³-hybridized carbons (Fsp3) is 0.467. The molecule has 21 heavy (non-hydrogen) atoms. The first-order valence-electron chi connectivity index (χ1n) is 7.09. The second-order valence-electron chi connectivity index (χ2n) is 5.68. The topological polar surface area (TPSA) is 63.5 Å². The molecule has 2 aliphatic heterocycles. The Kier molecular flexibility index (Phi) is 3.68. The Morgan fingerprint density at radius 3 is 2.76 bits per heavy atom. The van der Waals surface area contributed by atoms with E-state index in [1.54, 1.807) is 11.8 Å². The third kappa shape index (κ3) is 2.93. The molecule has 3 rings (SSSR count). The molecular formula is C15H19N5S. The summed E-state index contributed by atoms with van der Waals surface area (Å²) in [7, 11) is 2.03. The van der Waals surface area contributed by atoms with Gasteiger partial charge >= 0.3 is 0 Å². The molecule has 3 aliphatic rings. The van der Waals surface area contributed by atoms with Crippen molar-refractivity contribution in [3.63, 3.8) is 0 Å². The van der Waals surface area contributed by atoms with Crippen LogP contribution in [0.3, 0.4) is 0 Å². The summed E-state index contributed by atoms with van der Waals surface area (Å²) in [5, 5.41) is 19.1. The van der Waals surface area contributed by atoms with Crippen molar-refractivity contribution in [3.8, 4) is 6.07 Å². The fourth-order valence-electron chi connectivity index (χ4n) is 2.33. The van der Waals surface area contributed by atoms with Gasteiger partial charge in [-0.05, 0) is 37.7 Å². The molecule has 0 bridgehead atoms. The lowest BCUT2D eigenvalue weighted by atomic mass is 10.1. The minimum absolute atomic E-state index is 0.454. The third-order valence-corrected chi connectivity index (χ3v) is 4.62. The molecule has 1 saturated carbocycles. The number of nitriles is 1. The lowest BCUT2D eigenvalue weighted by Gasteiger charge is -2.30. The predicted octanol–water partition coefficient (Wildman–Crippen LogP) is 2.25. The normalized spacial score (nSPS) is 26.3. The third-order valence-electron chi connectivity index (χ3n) is 3.60. The zero-order valence-electron chi connectivity index (χ0n) is 12.5. The van der Waals surface area contributed by atoms with Crippen LogP contribution in [0.15, 0.2) is 38.0 Å². The SMILES string of the molecule is CC1=CS/C(=C(/C#N)C2=C(C)CN(C)C(=NC3CC3)N2)N1. The average Bonchev–Trinajstić information content (AvgIpc) is 3.16. The van der Waals surface area contributed by atoms with Gasteiger partial charge in [-0.1, -0.05) is 11.8 Å². The first kappa shape index (κ1) is 14.1. The Bertz CT molecular complexity index is 631. The van der Waals surface area contributed by atoms with Crippen molar-refractivity contribution in [2.45, 2.75) is 32.7 Å². The molecule has 0 saturated heterocycles. The van der Waals surface area contributed by atoms with Gasteiger partial charge in [0.05, 0.1) is 16.8 Å². The van der Waals surface area contributed by atoms with E-state index < -0.39 is 0 Å². The van der Waals surface area contributed by atoms with Gasteiger partial charge in [-0.15, -0.1) is 0 Å². The Balaban J connectivity index is 1.92. The van der Waals surface area contributed by atoms with Gasteiger partial charge < -0.3 is 15.5 Å². The maximum absolute atomic E-state index is 9.58. The number of likely N-dealkylation sites (N-methyl/N-ethyl adjacent to an activating group) is 1. The molecule has 2 heterocycles. The van der Waals surface area contributed by atoms with Crippen molar-refractivity contribution in [2.24, 2.45) is 4.99 Å². The van der Waals surface area contributed by atoms with Crippen LogP contribution in [0.4, 0.5) is 0 Å². The van der Waals surface area contributed by atoms with Crippen LogP contribution in [0.5, 0.6) is 0 Å². The number of nitrogens with zero attached hydrogens (tertiary/aromatic N) is 3. The van der Waals surface area contributed by atoms with E-state index in [0.29, 0.717) is 11.6 Å². The largest absolute Gasteiger partial charge is 0.352 e. The minimum atomic E-state index is 0.454. The van der Waals surface area contributed by atoms with E-state index in [-0.39, 0.29) is 0 Å². The first-order chi connectivity index (χ1) is 10.1. The van der Waals surface area contributed by atoms with Gasteiger partial charge in [0.2, 0.25) is 0 Å². The molecule has 0 atom stereocenters. The summed E-state index contributed by atoms with van der Waals surface area (Å²) < 4.78 is 0. The Labute approximate surface area is 129 Å². The second-order valence-corrected chi connectivity index (χ2v) is 6.56. The lowest BCUT2D eigenvalue weighted by molar-refractivity contribution is 0.506. The van der Waals surface area contributed by atoms with Crippen molar-refractivity contribution in [2.75, 3.05) is 13.6 Å². The van der Waals surface area contributed by atoms with Crippen LogP contribution in [-0.2, 0) is 0 Å². The van der Waals surface area contributed by atoms with Gasteiger partial charge in [-0.2, -0.15) is 5.26 Å². The van der Waals surface area contributed by atoms with Crippen LogP contribution in [-0.4, -0.2) is 30.5 Å². The highest BCUT2D eigenvalue weighted by molar-refractivity contribution is 8.06. The maximum atomic E-state index is 9.58. The molecule has 0 aromatic heterocycles. The predicted molar refractivity (Wildman–Crippen MR) is 86.0 cm³/mol. The molecule has 110 valence electrons. The number of nitrogens with one attached hydrogen (secondary N) is 2. The smallest absolute Gasteiger partial charge is 0.198 e. The summed E-state index contributed by atoms with van der Waals surface area (Å²) in [6, 6.07) is 2.79. The number of hydrogen-bond acceptors (Lipinski definition) is 4. The van der Waals surface area contributed by atoms with Crippen LogP contribution in [0.2, 0.25) is 0 Å². The zero-order valence-corrected chi connectivity index (χ0v) is 13.3. The Hall–Kier alpha value is -1.87. The van der Waals surface area contributed by atoms with E-state index in [4.69, 9.17) is 4.99 Å². The molecule has 0 aromatic carbocycles. The molecule has 6 heteroatoms. The van der Waals surface area contributed by atoms with E-state index in [2.05, 4.69) is 28.5 Å². The summed E-state index contributed by atoms with van der Waals surface area (Å²) in [6.45, 7) is 4.85. The molecule has 0 unspecified atom stereocenters. The van der Waals surface area contributed by atoms with Crippen LogP contribution in [0, 0.1) is 11.3 Å². The van der Waals surface area contributed by atoms with E-state index in [9.17, 15) is 5.26 Å². The fourth-order valence-corrected chi connectivity index (χ4v) is 3.17. The van der Waals surface area contributed by atoms with Gasteiger partial charge in [0.1, 0.15) is 11.6 Å². The van der Waals surface area contributed by atoms with Gasteiger partial charge in [0.15, 0.2) is 5.96 Å². The Morgan fingerprint density at radius 1 is 1.43 bits per heavy atom. The van der Waals surface area contributed by atoms with Crippen molar-refractivity contribution >= 4 is 17.7 Å². The molecule has 5 nitrogen and oxygen atoms in total. The number of guanidine groups is 1. The van der Waals surface area contributed by atoms with Crippen molar-refractivity contribution in [1.29, 1.82) is 5.26 Å². The number of aliphatic imine (C=N–C) groups is 1. The maximum Gasteiger partial charge on any atom is 0.198 e. The van der Waals surface area contributed by atoms with E-state index in [1.165, 1.54) is 12.8 Å². The highest BCUT2D eigenvalue weighted by Crippen LogP contribution is 2.31. The van der Waals surface area contributed by atoms with Gasteiger partial charge in [0, 0.05) is 19.3 Å². The average molecular weight is 301 g/mol. The lowest BCUT2D eigenvalue weighted by Crippen LogP contribution is -2.45. The monoisotopic (exact) mass is 301 g/mol. The summed E-state index contributed by atoms with van der Waals surface area (Å²) in [6.07, 6.45) is 2.34. The van der Waals surface area contributed by atoms with Crippen molar-refractivity contribution in [3.05, 3.63) is 33.0 Å². The standard InChI is InChI=1S/C15H19N5S/c1-9-7-20(3)15(18-11-4-5-11)19-13(9)12(6-16)14-17-10(2)8-21-14/h8,11,17H,4-5,7H2,1-3H3,(H,18,19)/b14-12-. The van der Waals surface area contributed by atoms with Crippen LogP contribution >= 0.6 is 11.8 Å². The molecule has 0 aromatic rings. The van der Waals surface area contributed by atoms with Crippen LogP contribution in [0.25, 0.3) is 0 Å². The number of allylic oxidation sites excluding steroid dienone is 2. The summed E-state index contributed by atoms with van der Waals surface area (Å²) in [5.74, 6) is 0.874. The van der Waals surface area contributed by atoms with Gasteiger partial charge in [0.25, 0.3) is 0 Å². The highest BCUT2D eigenvalue weighted by Gasteiger charge is 2.27. The van der Waals surface area contributed by atoms with Gasteiger partial charge in [-0.25, -0.2) is 4.99 Å². The summed E-state index contributed by atoms with van der Waals surface area (Å²) in [4.78, 5) is 6.80. The van der Waals surface area contributed by atoms with Crippen LogP contribution in [0.1, 0.15) is 26.7 Å². The number of hydrogen-bond donors (Lipinski definition) is 2. The first-order valence-corrected chi connectivity index (χ1v) is 7.97. The molecular weight excluding hydrogens is 282 g/mol. The molecule has 0 spiro atoms. The zero-order chi connectivity index (χ0) is 15.0. The van der Waals surface area contributed by atoms with E-state index in [0.717, 1.165) is 34.5 Å². The molecule has 0 radical (unpaired) electrons.